The molecule has 1 heterocycles. The topological polar surface area (TPSA) is 49.8 Å². The van der Waals surface area contributed by atoms with Gasteiger partial charge in [0.2, 0.25) is 0 Å². The zero-order valence-electron chi connectivity index (χ0n) is 18.4. The number of rotatable bonds is 6. The van der Waals surface area contributed by atoms with E-state index in [1.54, 1.807) is 6.07 Å². The first kappa shape index (κ1) is 24.1. The highest BCUT2D eigenvalue weighted by atomic mass is 35.5. The molecule has 0 spiro atoms. The molecule has 0 unspecified atom stereocenters. The molecule has 0 atom stereocenters. The molecule has 8 heteroatoms. The molecule has 1 saturated carbocycles. The second-order valence-electron chi connectivity index (χ2n) is 9.27. The number of hydrogen-bond acceptors (Lipinski definition) is 3. The second kappa shape index (κ2) is 10.1. The van der Waals surface area contributed by atoms with Crippen LogP contribution in [0.4, 0.5) is 13.2 Å². The number of halogens is 4. The first-order valence-electron chi connectivity index (χ1n) is 11.6. The first-order chi connectivity index (χ1) is 15.7. The lowest BCUT2D eigenvalue weighted by Gasteiger charge is -2.30. The van der Waals surface area contributed by atoms with Gasteiger partial charge in [-0.3, -0.25) is 4.79 Å². The van der Waals surface area contributed by atoms with Gasteiger partial charge in [-0.2, -0.15) is 13.2 Å². The van der Waals surface area contributed by atoms with Crippen LogP contribution >= 0.6 is 11.6 Å². The Morgan fingerprint density at radius 2 is 1.73 bits per heavy atom. The van der Waals surface area contributed by atoms with E-state index in [9.17, 15) is 18.0 Å². The fraction of sp³-hybridized carbons (Fsp3) is 0.560. The Morgan fingerprint density at radius 3 is 2.36 bits per heavy atom. The van der Waals surface area contributed by atoms with Crippen LogP contribution in [0, 0.1) is 11.8 Å². The van der Waals surface area contributed by atoms with Crippen molar-refractivity contribution in [2.24, 2.45) is 11.8 Å². The number of piperidine rings is 1. The van der Waals surface area contributed by atoms with E-state index >= 15 is 0 Å². The summed E-state index contributed by atoms with van der Waals surface area (Å²) in [6.45, 7) is 2.44. The molecule has 4 rings (SSSR count). The normalized spacial score (nSPS) is 23.0. The number of carboxylic acid groups (broad SMARTS) is 1. The molecule has 0 aromatic heterocycles. The van der Waals surface area contributed by atoms with Crippen molar-refractivity contribution in [3.8, 4) is 5.75 Å². The van der Waals surface area contributed by atoms with Crippen molar-refractivity contribution in [1.29, 1.82) is 0 Å². The van der Waals surface area contributed by atoms with Crippen LogP contribution in [0.2, 0.25) is 5.02 Å². The fourth-order valence-corrected chi connectivity index (χ4v) is 5.21. The van der Waals surface area contributed by atoms with Crippen LogP contribution in [0.15, 0.2) is 30.3 Å². The Labute approximate surface area is 196 Å². The number of aliphatic carboxylic acids is 1. The monoisotopic (exact) mass is 483 g/mol. The van der Waals surface area contributed by atoms with E-state index in [0.29, 0.717) is 36.5 Å². The van der Waals surface area contributed by atoms with Gasteiger partial charge >= 0.3 is 12.1 Å². The summed E-state index contributed by atoms with van der Waals surface area (Å²) < 4.78 is 44.8. The molecule has 1 aliphatic heterocycles. The molecule has 1 N–H and O–H groups in total. The van der Waals surface area contributed by atoms with Gasteiger partial charge in [-0.1, -0.05) is 29.8 Å². The standard InChI is InChI=1S/C25H29ClF3NO3/c26-23-21-15-16(9-12-30-13-10-18(11-14-30)24(31)32)1-2-17(21)3-8-22(23)33-20-6-4-19(5-7-20)25(27,28)29/h1-3,8,15,18-20H,4-7,9-14H2,(H,31,32). The maximum atomic E-state index is 12.9. The third-order valence-corrected chi connectivity index (χ3v) is 7.46. The van der Waals surface area contributed by atoms with E-state index in [2.05, 4.69) is 17.0 Å². The third-order valence-electron chi connectivity index (χ3n) is 7.07. The molecule has 33 heavy (non-hydrogen) atoms. The van der Waals surface area contributed by atoms with Gasteiger partial charge in [0.15, 0.2) is 0 Å². The Morgan fingerprint density at radius 1 is 1.06 bits per heavy atom. The molecular weight excluding hydrogens is 455 g/mol. The Bertz CT molecular complexity index is 981. The molecule has 1 saturated heterocycles. The molecule has 2 fully saturated rings. The van der Waals surface area contributed by atoms with Gasteiger partial charge in [-0.05, 0) is 81.1 Å². The van der Waals surface area contributed by atoms with Crippen LogP contribution in [0.3, 0.4) is 0 Å². The summed E-state index contributed by atoms with van der Waals surface area (Å²) in [6, 6.07) is 9.87. The minimum Gasteiger partial charge on any atom is -0.489 e. The smallest absolute Gasteiger partial charge is 0.391 e. The van der Waals surface area contributed by atoms with Gasteiger partial charge in [-0.15, -0.1) is 0 Å². The Hall–Kier alpha value is -1.99. The minimum absolute atomic E-state index is 0.0905. The molecule has 2 aromatic carbocycles. The Balaban J connectivity index is 1.38. The number of carbonyl (C=O) groups is 1. The molecule has 1 aliphatic carbocycles. The lowest BCUT2D eigenvalue weighted by molar-refractivity contribution is -0.185. The van der Waals surface area contributed by atoms with E-state index in [1.165, 1.54) is 0 Å². The zero-order valence-corrected chi connectivity index (χ0v) is 19.2. The zero-order chi connectivity index (χ0) is 23.6. The van der Waals surface area contributed by atoms with Gasteiger partial charge in [0.05, 0.1) is 23.0 Å². The number of likely N-dealkylation sites (tertiary alicyclic amines) is 1. The molecule has 2 aliphatic rings. The highest BCUT2D eigenvalue weighted by molar-refractivity contribution is 6.37. The predicted molar refractivity (Wildman–Crippen MR) is 122 cm³/mol. The summed E-state index contributed by atoms with van der Waals surface area (Å²) in [4.78, 5) is 13.4. The number of alkyl halides is 3. The summed E-state index contributed by atoms with van der Waals surface area (Å²) in [5, 5.41) is 11.5. The number of ether oxygens (including phenoxy) is 1. The van der Waals surface area contributed by atoms with E-state index in [4.69, 9.17) is 21.4 Å². The number of fused-ring (bicyclic) bond motifs is 1. The molecular formula is C25H29ClF3NO3. The quantitative estimate of drug-likeness (QED) is 0.521. The van der Waals surface area contributed by atoms with Gasteiger partial charge < -0.3 is 14.7 Å². The number of nitrogens with zero attached hydrogens (tertiary/aromatic N) is 1. The van der Waals surface area contributed by atoms with E-state index < -0.39 is 18.1 Å². The maximum absolute atomic E-state index is 12.9. The minimum atomic E-state index is -4.13. The number of carboxylic acids is 1. The summed E-state index contributed by atoms with van der Waals surface area (Å²) in [5.74, 6) is -1.65. The van der Waals surface area contributed by atoms with Gasteiger partial charge in [0, 0.05) is 11.9 Å². The summed E-state index contributed by atoms with van der Waals surface area (Å²) >= 11 is 6.66. The van der Waals surface area contributed by atoms with Crippen molar-refractivity contribution in [2.75, 3.05) is 19.6 Å². The maximum Gasteiger partial charge on any atom is 0.391 e. The van der Waals surface area contributed by atoms with E-state index in [0.717, 1.165) is 42.4 Å². The largest absolute Gasteiger partial charge is 0.489 e. The molecule has 4 nitrogen and oxygen atoms in total. The second-order valence-corrected chi connectivity index (χ2v) is 9.65. The van der Waals surface area contributed by atoms with Crippen LogP contribution in [0.1, 0.15) is 44.1 Å². The summed E-state index contributed by atoms with van der Waals surface area (Å²) in [6.07, 6.45) is -1.26. The molecule has 0 radical (unpaired) electrons. The predicted octanol–water partition coefficient (Wildman–Crippen LogP) is 6.33. The molecule has 180 valence electrons. The molecule has 0 amide bonds. The third kappa shape index (κ3) is 5.93. The average molecular weight is 484 g/mol. The summed E-state index contributed by atoms with van der Waals surface area (Å²) in [7, 11) is 0. The molecule has 2 aromatic rings. The lowest BCUT2D eigenvalue weighted by Crippen LogP contribution is -2.37. The van der Waals surface area contributed by atoms with Gasteiger partial charge in [0.25, 0.3) is 0 Å². The van der Waals surface area contributed by atoms with Crippen molar-refractivity contribution < 1.29 is 27.8 Å². The van der Waals surface area contributed by atoms with Crippen LogP contribution in [0.5, 0.6) is 5.75 Å². The van der Waals surface area contributed by atoms with Crippen LogP contribution in [-0.4, -0.2) is 47.9 Å². The van der Waals surface area contributed by atoms with Gasteiger partial charge in [0.1, 0.15) is 5.75 Å². The van der Waals surface area contributed by atoms with Crippen molar-refractivity contribution in [3.05, 3.63) is 40.9 Å². The summed E-state index contributed by atoms with van der Waals surface area (Å²) in [5.41, 5.74) is 1.13. The number of hydrogen-bond donors (Lipinski definition) is 1. The van der Waals surface area contributed by atoms with Crippen LogP contribution < -0.4 is 4.74 Å². The Kier molecular flexibility index (Phi) is 7.39. The van der Waals surface area contributed by atoms with Crippen LogP contribution in [-0.2, 0) is 11.2 Å². The average Bonchev–Trinajstić information content (AvgIpc) is 2.80. The van der Waals surface area contributed by atoms with E-state index in [-0.39, 0.29) is 24.9 Å². The van der Waals surface area contributed by atoms with Gasteiger partial charge in [-0.25, -0.2) is 0 Å². The lowest BCUT2D eigenvalue weighted by atomic mass is 9.87. The fourth-order valence-electron chi connectivity index (χ4n) is 4.94. The van der Waals surface area contributed by atoms with Crippen molar-refractivity contribution in [3.63, 3.8) is 0 Å². The highest BCUT2D eigenvalue weighted by Crippen LogP contribution is 2.40. The SMILES string of the molecule is O=C(O)C1CCN(CCc2ccc3ccc(OC4CCC(C(F)(F)F)CC4)c(Cl)c3c2)CC1. The van der Waals surface area contributed by atoms with Crippen molar-refractivity contribution >= 4 is 28.3 Å². The van der Waals surface area contributed by atoms with Crippen molar-refractivity contribution in [2.45, 2.75) is 57.2 Å². The first-order valence-corrected chi connectivity index (χ1v) is 12.0. The number of benzene rings is 2. The van der Waals surface area contributed by atoms with Crippen LogP contribution in [0.25, 0.3) is 10.8 Å². The highest BCUT2D eigenvalue weighted by Gasteiger charge is 2.41. The molecule has 0 bridgehead atoms. The van der Waals surface area contributed by atoms with Crippen molar-refractivity contribution in [1.82, 2.24) is 4.90 Å². The van der Waals surface area contributed by atoms with E-state index in [1.807, 2.05) is 12.1 Å².